The Kier molecular flexibility index (Phi) is 5.44. The van der Waals surface area contributed by atoms with E-state index < -0.39 is 5.97 Å². The molecule has 0 aromatic carbocycles. The maximum atomic E-state index is 11.3. The lowest BCUT2D eigenvalue weighted by molar-refractivity contribution is -0.145. The van der Waals surface area contributed by atoms with Gasteiger partial charge in [0.15, 0.2) is 12.4 Å². The van der Waals surface area contributed by atoms with Crippen molar-refractivity contribution in [2.24, 2.45) is 0 Å². The van der Waals surface area contributed by atoms with E-state index in [9.17, 15) is 4.79 Å². The Morgan fingerprint density at radius 3 is 3.00 bits per heavy atom. The van der Waals surface area contributed by atoms with Crippen molar-refractivity contribution in [1.29, 1.82) is 0 Å². The Balaban J connectivity index is 2.14. The molecule has 1 N–H and O–H groups in total. The van der Waals surface area contributed by atoms with Gasteiger partial charge in [-0.1, -0.05) is 11.6 Å². The Hall–Kier alpha value is -1.31. The van der Waals surface area contributed by atoms with Crippen LogP contribution >= 0.6 is 27.5 Å². The first kappa shape index (κ1) is 16.1. The van der Waals surface area contributed by atoms with Crippen LogP contribution in [0.15, 0.2) is 16.9 Å². The van der Waals surface area contributed by atoms with Gasteiger partial charge in [-0.2, -0.15) is 0 Å². The molecule has 1 aromatic rings. The minimum absolute atomic E-state index is 0.184. The lowest BCUT2D eigenvalue weighted by Gasteiger charge is -2.10. The average molecular weight is 377 g/mol. The van der Waals surface area contributed by atoms with E-state index in [2.05, 4.69) is 26.3 Å². The van der Waals surface area contributed by atoms with Crippen molar-refractivity contribution in [3.05, 3.63) is 27.6 Å². The predicted octanol–water partition coefficient (Wildman–Crippen LogP) is 2.23. The molecule has 1 aliphatic heterocycles. The van der Waals surface area contributed by atoms with Crippen LogP contribution in [0.3, 0.4) is 0 Å². The molecule has 0 fully saturated rings. The SMILES string of the molecule is CCOC(=O)COc1cc(Cl)c(C2=CN(C)NC2)nc1Br. The van der Waals surface area contributed by atoms with E-state index >= 15 is 0 Å². The van der Waals surface area contributed by atoms with Crippen molar-refractivity contribution in [3.63, 3.8) is 0 Å². The average Bonchev–Trinajstić information content (AvgIpc) is 2.86. The highest BCUT2D eigenvalue weighted by Gasteiger charge is 2.18. The molecule has 8 heteroatoms. The minimum Gasteiger partial charge on any atom is -0.479 e. The van der Waals surface area contributed by atoms with E-state index in [1.807, 2.05) is 18.3 Å². The molecule has 0 aliphatic carbocycles. The zero-order chi connectivity index (χ0) is 15.4. The van der Waals surface area contributed by atoms with Crippen molar-refractivity contribution in [2.45, 2.75) is 6.92 Å². The van der Waals surface area contributed by atoms with Crippen LogP contribution in [-0.4, -0.2) is 42.8 Å². The zero-order valence-corrected chi connectivity index (χ0v) is 14.0. The van der Waals surface area contributed by atoms with E-state index in [-0.39, 0.29) is 6.61 Å². The number of hydrogen-bond donors (Lipinski definition) is 1. The third-order valence-electron chi connectivity index (χ3n) is 2.72. The standard InChI is InChI=1S/C13H15BrClN3O3/c1-3-20-11(19)7-21-10-4-9(15)12(17-13(10)14)8-5-16-18(2)6-8/h4,6,16H,3,5,7H2,1-2H3. The smallest absolute Gasteiger partial charge is 0.344 e. The molecular formula is C13H15BrClN3O3. The molecule has 0 bridgehead atoms. The Labute approximate surface area is 136 Å². The van der Waals surface area contributed by atoms with Gasteiger partial charge in [0.05, 0.1) is 17.3 Å². The van der Waals surface area contributed by atoms with Gasteiger partial charge in [-0.05, 0) is 22.9 Å². The van der Waals surface area contributed by atoms with Crippen LogP contribution in [0.4, 0.5) is 0 Å². The molecule has 1 aliphatic rings. The van der Waals surface area contributed by atoms with Crippen LogP contribution in [0.2, 0.25) is 5.02 Å². The number of esters is 1. The second-order valence-corrected chi connectivity index (χ2v) is 5.46. The normalized spacial score (nSPS) is 14.1. The summed E-state index contributed by atoms with van der Waals surface area (Å²) >= 11 is 9.56. The molecule has 0 spiro atoms. The van der Waals surface area contributed by atoms with E-state index in [0.717, 1.165) is 5.57 Å². The van der Waals surface area contributed by atoms with Crippen molar-refractivity contribution in [3.8, 4) is 5.75 Å². The summed E-state index contributed by atoms with van der Waals surface area (Å²) in [7, 11) is 1.90. The van der Waals surface area contributed by atoms with Gasteiger partial charge in [0.25, 0.3) is 0 Å². The predicted molar refractivity (Wildman–Crippen MR) is 82.8 cm³/mol. The lowest BCUT2D eigenvalue weighted by atomic mass is 10.2. The van der Waals surface area contributed by atoms with Crippen LogP contribution in [-0.2, 0) is 9.53 Å². The third-order valence-corrected chi connectivity index (χ3v) is 3.58. The van der Waals surface area contributed by atoms with Crippen LogP contribution in [0.5, 0.6) is 5.75 Å². The fraction of sp³-hybridized carbons (Fsp3) is 0.385. The van der Waals surface area contributed by atoms with E-state index in [1.165, 1.54) is 0 Å². The van der Waals surface area contributed by atoms with Gasteiger partial charge in [0.2, 0.25) is 0 Å². The number of nitrogens with zero attached hydrogens (tertiary/aromatic N) is 2. The minimum atomic E-state index is -0.436. The number of nitrogens with one attached hydrogen (secondary N) is 1. The molecule has 0 saturated carbocycles. The number of carbonyl (C=O) groups excluding carboxylic acids is 1. The molecule has 6 nitrogen and oxygen atoms in total. The van der Waals surface area contributed by atoms with Crippen LogP contribution in [0, 0.1) is 0 Å². The third kappa shape index (κ3) is 4.09. The van der Waals surface area contributed by atoms with Crippen LogP contribution in [0.1, 0.15) is 12.6 Å². The number of carbonyl (C=O) groups is 1. The Bertz CT molecular complexity index is 580. The van der Waals surface area contributed by atoms with Gasteiger partial charge in [-0.25, -0.2) is 15.2 Å². The van der Waals surface area contributed by atoms with Crippen molar-refractivity contribution in [2.75, 3.05) is 26.8 Å². The molecule has 0 atom stereocenters. The summed E-state index contributed by atoms with van der Waals surface area (Å²) in [6.45, 7) is 2.52. The summed E-state index contributed by atoms with van der Waals surface area (Å²) in [5.74, 6) is -0.0364. The molecule has 0 amide bonds. The fourth-order valence-corrected chi connectivity index (χ4v) is 2.46. The molecule has 1 aromatic heterocycles. The number of aromatic nitrogens is 1. The molecular weight excluding hydrogens is 362 g/mol. The van der Waals surface area contributed by atoms with Crippen molar-refractivity contribution in [1.82, 2.24) is 15.4 Å². The molecule has 2 heterocycles. The number of halogens is 2. The molecule has 0 unspecified atom stereocenters. The van der Waals surface area contributed by atoms with Gasteiger partial charge >= 0.3 is 5.97 Å². The van der Waals surface area contributed by atoms with E-state index in [4.69, 9.17) is 21.1 Å². The first-order valence-corrected chi connectivity index (χ1v) is 7.50. The summed E-state index contributed by atoms with van der Waals surface area (Å²) in [5.41, 5.74) is 4.76. The maximum Gasteiger partial charge on any atom is 0.344 e. The molecule has 0 saturated heterocycles. The Morgan fingerprint density at radius 2 is 2.38 bits per heavy atom. The van der Waals surface area contributed by atoms with Gasteiger partial charge in [-0.3, -0.25) is 0 Å². The van der Waals surface area contributed by atoms with Gasteiger partial charge < -0.3 is 14.5 Å². The first-order chi connectivity index (χ1) is 10.0. The zero-order valence-electron chi connectivity index (χ0n) is 11.7. The highest BCUT2D eigenvalue weighted by molar-refractivity contribution is 9.10. The molecule has 0 radical (unpaired) electrons. The number of ether oxygens (including phenoxy) is 2. The summed E-state index contributed by atoms with van der Waals surface area (Å²) in [4.78, 5) is 15.7. The summed E-state index contributed by atoms with van der Waals surface area (Å²) in [6.07, 6.45) is 1.92. The van der Waals surface area contributed by atoms with Gasteiger partial charge in [0, 0.05) is 31.4 Å². The summed E-state index contributed by atoms with van der Waals surface area (Å²) < 4.78 is 10.6. The molecule has 21 heavy (non-hydrogen) atoms. The quantitative estimate of drug-likeness (QED) is 0.628. The highest BCUT2D eigenvalue weighted by Crippen LogP contribution is 2.32. The van der Waals surface area contributed by atoms with Gasteiger partial charge in [-0.15, -0.1) is 0 Å². The monoisotopic (exact) mass is 375 g/mol. The van der Waals surface area contributed by atoms with E-state index in [0.29, 0.717) is 34.2 Å². The van der Waals surface area contributed by atoms with E-state index in [1.54, 1.807) is 13.0 Å². The maximum absolute atomic E-state index is 11.3. The number of hydrogen-bond acceptors (Lipinski definition) is 6. The fourth-order valence-electron chi connectivity index (χ4n) is 1.80. The van der Waals surface area contributed by atoms with Crippen LogP contribution < -0.4 is 10.2 Å². The van der Waals surface area contributed by atoms with Gasteiger partial charge in [0.1, 0.15) is 4.60 Å². The number of pyridine rings is 1. The second-order valence-electron chi connectivity index (χ2n) is 4.30. The highest BCUT2D eigenvalue weighted by atomic mass is 79.9. The number of hydrazine groups is 1. The second kappa shape index (κ2) is 7.11. The van der Waals surface area contributed by atoms with Crippen LogP contribution in [0.25, 0.3) is 5.57 Å². The summed E-state index contributed by atoms with van der Waals surface area (Å²) in [6, 6.07) is 1.63. The number of rotatable bonds is 5. The van der Waals surface area contributed by atoms with Crippen molar-refractivity contribution < 1.29 is 14.3 Å². The molecule has 114 valence electrons. The molecule has 2 rings (SSSR count). The topological polar surface area (TPSA) is 63.7 Å². The first-order valence-electron chi connectivity index (χ1n) is 6.33. The largest absolute Gasteiger partial charge is 0.479 e. The van der Waals surface area contributed by atoms with Crippen molar-refractivity contribution >= 4 is 39.1 Å². The lowest BCUT2D eigenvalue weighted by Crippen LogP contribution is -2.23. The Morgan fingerprint density at radius 1 is 1.62 bits per heavy atom. The summed E-state index contributed by atoms with van der Waals surface area (Å²) in [5, 5.41) is 2.30.